The molecular formula is C7H12IN. The van der Waals surface area contributed by atoms with E-state index in [1.165, 1.54) is 32.4 Å². The van der Waals surface area contributed by atoms with Crippen LogP contribution in [0.1, 0.15) is 19.3 Å². The predicted octanol–water partition coefficient (Wildman–Crippen LogP) is 1.56. The topological polar surface area (TPSA) is 12.0 Å². The van der Waals surface area contributed by atoms with E-state index in [9.17, 15) is 0 Å². The second-order valence-electron chi connectivity index (χ2n) is 3.28. The lowest BCUT2D eigenvalue weighted by molar-refractivity contribution is 0.358. The summed E-state index contributed by atoms with van der Waals surface area (Å²) in [6.07, 6.45) is 4.36. The van der Waals surface area contributed by atoms with Gasteiger partial charge in [-0.25, -0.2) is 0 Å². The second kappa shape index (κ2) is 2.09. The summed E-state index contributed by atoms with van der Waals surface area (Å²) in [5.74, 6) is 0. The molecule has 9 heavy (non-hydrogen) atoms. The van der Waals surface area contributed by atoms with Crippen LogP contribution >= 0.6 is 22.6 Å². The monoisotopic (exact) mass is 237 g/mol. The van der Waals surface area contributed by atoms with E-state index in [1.807, 2.05) is 0 Å². The summed E-state index contributed by atoms with van der Waals surface area (Å²) in [6, 6.07) is 0. The van der Waals surface area contributed by atoms with Crippen LogP contribution in [0.15, 0.2) is 0 Å². The van der Waals surface area contributed by atoms with Gasteiger partial charge in [-0.1, -0.05) is 22.6 Å². The average molecular weight is 237 g/mol. The number of hydrogen-bond donors (Lipinski definition) is 1. The zero-order valence-corrected chi connectivity index (χ0v) is 7.65. The Hall–Kier alpha value is 0.690. The minimum Gasteiger partial charge on any atom is -0.317 e. The fourth-order valence-electron chi connectivity index (χ4n) is 1.74. The first-order valence-corrected chi connectivity index (χ1v) is 4.93. The van der Waals surface area contributed by atoms with Crippen LogP contribution in [0.3, 0.4) is 0 Å². The van der Waals surface area contributed by atoms with Crippen LogP contribution in [0.4, 0.5) is 0 Å². The number of piperidine rings is 1. The van der Waals surface area contributed by atoms with E-state index < -0.39 is 0 Å². The van der Waals surface area contributed by atoms with Crippen molar-refractivity contribution < 1.29 is 0 Å². The lowest BCUT2D eigenvalue weighted by Crippen LogP contribution is -2.29. The van der Waals surface area contributed by atoms with Crippen LogP contribution in [-0.2, 0) is 0 Å². The molecule has 1 aliphatic heterocycles. The van der Waals surface area contributed by atoms with Gasteiger partial charge in [-0.15, -0.1) is 0 Å². The molecule has 0 aromatic rings. The third-order valence-electron chi connectivity index (χ3n) is 2.69. The largest absolute Gasteiger partial charge is 0.317 e. The highest BCUT2D eigenvalue weighted by Crippen LogP contribution is 2.57. The van der Waals surface area contributed by atoms with Gasteiger partial charge in [-0.05, 0) is 37.8 Å². The molecule has 0 bridgehead atoms. The molecule has 2 aliphatic rings. The molecule has 1 N–H and O–H groups in total. The van der Waals surface area contributed by atoms with Gasteiger partial charge in [0.05, 0.1) is 0 Å². The van der Waals surface area contributed by atoms with E-state index in [2.05, 4.69) is 27.9 Å². The summed E-state index contributed by atoms with van der Waals surface area (Å²) >= 11 is 2.60. The smallest absolute Gasteiger partial charge is 0.0173 e. The zero-order chi connectivity index (χ0) is 6.32. The highest BCUT2D eigenvalue weighted by molar-refractivity contribution is 14.1. The summed E-state index contributed by atoms with van der Waals surface area (Å²) in [5, 5.41) is 3.40. The highest BCUT2D eigenvalue weighted by Gasteiger charge is 2.52. The van der Waals surface area contributed by atoms with E-state index in [0.29, 0.717) is 0 Å². The average Bonchev–Trinajstić information content (AvgIpc) is 2.44. The Morgan fingerprint density at radius 3 is 2.22 bits per heavy atom. The molecule has 1 atom stereocenters. The molecule has 2 heteroatoms. The van der Waals surface area contributed by atoms with Crippen molar-refractivity contribution in [2.75, 3.05) is 13.1 Å². The van der Waals surface area contributed by atoms with Crippen molar-refractivity contribution in [1.82, 2.24) is 5.32 Å². The first-order valence-electron chi connectivity index (χ1n) is 3.68. The van der Waals surface area contributed by atoms with Crippen LogP contribution in [-0.4, -0.2) is 17.0 Å². The van der Waals surface area contributed by atoms with Crippen LogP contribution in [0.25, 0.3) is 0 Å². The summed E-state index contributed by atoms with van der Waals surface area (Å²) in [5.41, 5.74) is 0.811. The van der Waals surface area contributed by atoms with Crippen LogP contribution in [0.2, 0.25) is 0 Å². The number of halogens is 1. The van der Waals surface area contributed by atoms with Gasteiger partial charge >= 0.3 is 0 Å². The number of hydrogen-bond acceptors (Lipinski definition) is 1. The van der Waals surface area contributed by atoms with Crippen LogP contribution in [0, 0.1) is 5.41 Å². The molecular weight excluding hydrogens is 225 g/mol. The van der Waals surface area contributed by atoms with E-state index in [-0.39, 0.29) is 0 Å². The maximum atomic E-state index is 3.40. The maximum absolute atomic E-state index is 3.40. The first-order chi connectivity index (χ1) is 4.33. The molecule has 1 aliphatic carbocycles. The van der Waals surface area contributed by atoms with Gasteiger partial charge in [0.2, 0.25) is 0 Å². The van der Waals surface area contributed by atoms with Crippen molar-refractivity contribution >= 4 is 22.6 Å². The quantitative estimate of drug-likeness (QED) is 0.498. The number of nitrogens with one attached hydrogen (secondary N) is 1. The van der Waals surface area contributed by atoms with Crippen molar-refractivity contribution in [3.63, 3.8) is 0 Å². The third kappa shape index (κ3) is 1.00. The Balaban J connectivity index is 1.97. The van der Waals surface area contributed by atoms with Gasteiger partial charge in [0.15, 0.2) is 0 Å². The molecule has 0 aromatic carbocycles. The van der Waals surface area contributed by atoms with Crippen LogP contribution < -0.4 is 5.32 Å². The number of alkyl halides is 1. The van der Waals surface area contributed by atoms with Gasteiger partial charge in [0, 0.05) is 3.92 Å². The van der Waals surface area contributed by atoms with Gasteiger partial charge in [0.1, 0.15) is 0 Å². The Kier molecular flexibility index (Phi) is 1.49. The summed E-state index contributed by atoms with van der Waals surface area (Å²) in [4.78, 5) is 0. The Bertz CT molecular complexity index is 118. The Morgan fingerprint density at radius 1 is 1.33 bits per heavy atom. The lowest BCUT2D eigenvalue weighted by Gasteiger charge is -2.21. The summed E-state index contributed by atoms with van der Waals surface area (Å²) in [7, 11) is 0. The molecule has 2 fully saturated rings. The molecule has 1 spiro atoms. The van der Waals surface area contributed by atoms with Crippen molar-refractivity contribution in [1.29, 1.82) is 0 Å². The second-order valence-corrected chi connectivity index (χ2v) is 4.79. The number of rotatable bonds is 0. The minimum atomic E-state index is 0.811. The molecule has 1 nitrogen and oxygen atoms in total. The molecule has 52 valence electrons. The molecule has 0 amide bonds. The molecule has 1 unspecified atom stereocenters. The van der Waals surface area contributed by atoms with Crippen molar-refractivity contribution in [2.45, 2.75) is 23.2 Å². The molecule has 2 rings (SSSR count). The van der Waals surface area contributed by atoms with Crippen molar-refractivity contribution in [2.24, 2.45) is 5.41 Å². The molecule has 1 saturated heterocycles. The van der Waals surface area contributed by atoms with Crippen molar-refractivity contribution in [3.8, 4) is 0 Å². The van der Waals surface area contributed by atoms with E-state index in [4.69, 9.17) is 0 Å². The highest BCUT2D eigenvalue weighted by atomic mass is 127. The SMILES string of the molecule is IC1CC12CCNCC2. The van der Waals surface area contributed by atoms with E-state index in [1.54, 1.807) is 0 Å². The lowest BCUT2D eigenvalue weighted by atomic mass is 9.95. The maximum Gasteiger partial charge on any atom is 0.0173 e. The summed E-state index contributed by atoms with van der Waals surface area (Å²) < 4.78 is 1.01. The van der Waals surface area contributed by atoms with Gasteiger partial charge in [-0.2, -0.15) is 0 Å². The standard InChI is InChI=1S/C7H12IN/c8-6-5-7(6)1-3-9-4-2-7/h6,9H,1-5H2. The molecule has 0 radical (unpaired) electrons. The summed E-state index contributed by atoms with van der Waals surface area (Å²) in [6.45, 7) is 2.53. The van der Waals surface area contributed by atoms with E-state index in [0.717, 1.165) is 9.34 Å². The molecule has 0 aromatic heterocycles. The fraction of sp³-hybridized carbons (Fsp3) is 1.00. The Labute approximate surface area is 69.7 Å². The molecule has 1 saturated carbocycles. The van der Waals surface area contributed by atoms with Gasteiger partial charge in [0.25, 0.3) is 0 Å². The van der Waals surface area contributed by atoms with Gasteiger partial charge in [-0.3, -0.25) is 0 Å². The first kappa shape index (κ1) is 6.40. The minimum absolute atomic E-state index is 0.811. The van der Waals surface area contributed by atoms with Gasteiger partial charge < -0.3 is 5.32 Å². The Morgan fingerprint density at radius 2 is 1.89 bits per heavy atom. The normalized spacial score (nSPS) is 39.0. The third-order valence-corrected chi connectivity index (χ3v) is 4.45. The van der Waals surface area contributed by atoms with Crippen LogP contribution in [0.5, 0.6) is 0 Å². The predicted molar refractivity (Wildman–Crippen MR) is 47.0 cm³/mol. The zero-order valence-electron chi connectivity index (χ0n) is 5.49. The van der Waals surface area contributed by atoms with Crippen molar-refractivity contribution in [3.05, 3.63) is 0 Å². The fourth-order valence-corrected chi connectivity index (χ4v) is 3.24. The molecule has 1 heterocycles. The van der Waals surface area contributed by atoms with E-state index >= 15 is 0 Å².